The first-order valence-electron chi connectivity index (χ1n) is 7.00. The second kappa shape index (κ2) is 6.47. The van der Waals surface area contributed by atoms with Crippen LogP contribution in [0.15, 0.2) is 22.7 Å². The van der Waals surface area contributed by atoms with Gasteiger partial charge in [0.1, 0.15) is 11.9 Å². The minimum atomic E-state index is 0.0483. The van der Waals surface area contributed by atoms with Gasteiger partial charge in [0, 0.05) is 17.3 Å². The first-order valence-corrected chi connectivity index (χ1v) is 9.33. The van der Waals surface area contributed by atoms with Crippen LogP contribution in [0.2, 0.25) is 5.02 Å². The fourth-order valence-electron chi connectivity index (χ4n) is 2.92. The van der Waals surface area contributed by atoms with E-state index in [0.29, 0.717) is 5.02 Å². The molecule has 2 nitrogen and oxygen atoms in total. The van der Waals surface area contributed by atoms with Gasteiger partial charge in [0.05, 0.1) is 17.2 Å². The predicted octanol–water partition coefficient (Wildman–Crippen LogP) is 4.93. The fourth-order valence-corrected chi connectivity index (χ4v) is 4.66. The van der Waals surface area contributed by atoms with Gasteiger partial charge in [0.15, 0.2) is 0 Å². The molecule has 1 unspecified atom stereocenters. The van der Waals surface area contributed by atoms with E-state index in [0.717, 1.165) is 42.5 Å². The number of hydrogen-bond acceptors (Lipinski definition) is 3. The van der Waals surface area contributed by atoms with Crippen LogP contribution >= 0.6 is 39.3 Å². The van der Waals surface area contributed by atoms with Gasteiger partial charge in [-0.2, -0.15) is 11.8 Å². The SMILES string of the molecule is Clc1ccc(Br)cc1OC1CCOC2(CCSCC2)C1. The van der Waals surface area contributed by atoms with Crippen molar-refractivity contribution in [1.29, 1.82) is 0 Å². The number of ether oxygens (including phenoxy) is 2. The monoisotopic (exact) mass is 376 g/mol. The zero-order valence-corrected chi connectivity index (χ0v) is 14.4. The zero-order chi connectivity index (χ0) is 14.0. The highest BCUT2D eigenvalue weighted by Gasteiger charge is 2.39. The van der Waals surface area contributed by atoms with Crippen molar-refractivity contribution < 1.29 is 9.47 Å². The highest BCUT2D eigenvalue weighted by molar-refractivity contribution is 9.10. The van der Waals surface area contributed by atoms with E-state index in [1.165, 1.54) is 11.5 Å². The second-order valence-electron chi connectivity index (χ2n) is 5.45. The Morgan fingerprint density at radius 1 is 1.35 bits per heavy atom. The van der Waals surface area contributed by atoms with Gasteiger partial charge in [0.25, 0.3) is 0 Å². The average molecular weight is 378 g/mol. The molecule has 2 aliphatic rings. The molecule has 5 heteroatoms. The second-order valence-corrected chi connectivity index (χ2v) is 8.00. The number of thioether (sulfide) groups is 1. The average Bonchev–Trinajstić information content (AvgIpc) is 2.44. The minimum Gasteiger partial charge on any atom is -0.489 e. The lowest BCUT2D eigenvalue weighted by Crippen LogP contribution is -2.46. The van der Waals surface area contributed by atoms with Crippen LogP contribution in [0.1, 0.15) is 25.7 Å². The topological polar surface area (TPSA) is 18.5 Å². The lowest BCUT2D eigenvalue weighted by atomic mass is 9.86. The third-order valence-corrected chi connectivity index (χ3v) is 5.83. The first kappa shape index (κ1) is 15.0. The van der Waals surface area contributed by atoms with Gasteiger partial charge < -0.3 is 9.47 Å². The molecule has 0 aliphatic carbocycles. The van der Waals surface area contributed by atoms with Crippen LogP contribution in [0.5, 0.6) is 5.75 Å². The third kappa shape index (κ3) is 3.46. The summed E-state index contributed by atoms with van der Waals surface area (Å²) < 4.78 is 13.2. The van der Waals surface area contributed by atoms with E-state index >= 15 is 0 Å². The van der Waals surface area contributed by atoms with Gasteiger partial charge >= 0.3 is 0 Å². The molecule has 0 radical (unpaired) electrons. The molecule has 1 aromatic carbocycles. The van der Waals surface area contributed by atoms with E-state index in [2.05, 4.69) is 15.9 Å². The molecule has 0 amide bonds. The molecule has 110 valence electrons. The molecule has 2 aliphatic heterocycles. The van der Waals surface area contributed by atoms with Crippen molar-refractivity contribution in [3.8, 4) is 5.75 Å². The molecular weight excluding hydrogens is 360 g/mol. The molecular formula is C15H18BrClO2S. The summed E-state index contributed by atoms with van der Waals surface area (Å²) in [6, 6.07) is 5.74. The molecule has 1 atom stereocenters. The van der Waals surface area contributed by atoms with E-state index in [1.54, 1.807) is 0 Å². The quantitative estimate of drug-likeness (QED) is 0.728. The lowest BCUT2D eigenvalue weighted by molar-refractivity contribution is -0.116. The highest BCUT2D eigenvalue weighted by Crippen LogP contribution is 2.39. The molecule has 1 spiro atoms. The van der Waals surface area contributed by atoms with E-state index in [1.807, 2.05) is 30.0 Å². The number of benzene rings is 1. The zero-order valence-electron chi connectivity index (χ0n) is 11.2. The van der Waals surface area contributed by atoms with Crippen molar-refractivity contribution >= 4 is 39.3 Å². The van der Waals surface area contributed by atoms with Gasteiger partial charge in [-0.05, 0) is 42.5 Å². The maximum Gasteiger partial charge on any atom is 0.139 e. The van der Waals surface area contributed by atoms with E-state index in [9.17, 15) is 0 Å². The predicted molar refractivity (Wildman–Crippen MR) is 88.0 cm³/mol. The number of hydrogen-bond donors (Lipinski definition) is 0. The Morgan fingerprint density at radius 2 is 2.15 bits per heavy atom. The largest absolute Gasteiger partial charge is 0.489 e. The third-order valence-electron chi connectivity index (χ3n) is 4.04. The van der Waals surface area contributed by atoms with Crippen molar-refractivity contribution in [3.63, 3.8) is 0 Å². The van der Waals surface area contributed by atoms with Gasteiger partial charge in [-0.25, -0.2) is 0 Å². The Kier molecular flexibility index (Phi) is 4.86. The Bertz CT molecular complexity index is 471. The van der Waals surface area contributed by atoms with Gasteiger partial charge in [-0.3, -0.25) is 0 Å². The van der Waals surface area contributed by atoms with E-state index < -0.39 is 0 Å². The van der Waals surface area contributed by atoms with Crippen molar-refractivity contribution in [2.75, 3.05) is 18.1 Å². The summed E-state index contributed by atoms with van der Waals surface area (Å²) in [5.74, 6) is 3.17. The molecule has 0 bridgehead atoms. The van der Waals surface area contributed by atoms with Crippen molar-refractivity contribution in [2.24, 2.45) is 0 Å². The van der Waals surface area contributed by atoms with E-state index in [-0.39, 0.29) is 11.7 Å². The van der Waals surface area contributed by atoms with Crippen molar-refractivity contribution in [3.05, 3.63) is 27.7 Å². The normalized spacial score (nSPS) is 25.6. The van der Waals surface area contributed by atoms with Crippen molar-refractivity contribution in [2.45, 2.75) is 37.4 Å². The van der Waals surface area contributed by atoms with Crippen molar-refractivity contribution in [1.82, 2.24) is 0 Å². The van der Waals surface area contributed by atoms with Gasteiger partial charge in [0.2, 0.25) is 0 Å². The molecule has 0 aromatic heterocycles. The smallest absolute Gasteiger partial charge is 0.139 e. The van der Waals surface area contributed by atoms with Crippen LogP contribution in [-0.4, -0.2) is 29.8 Å². The fraction of sp³-hybridized carbons (Fsp3) is 0.600. The molecule has 3 rings (SSSR count). The first-order chi connectivity index (χ1) is 9.67. The molecule has 0 saturated carbocycles. The molecule has 0 N–H and O–H groups in total. The summed E-state index contributed by atoms with van der Waals surface area (Å²) in [6.07, 6.45) is 4.42. The molecule has 20 heavy (non-hydrogen) atoms. The van der Waals surface area contributed by atoms with Crippen LogP contribution in [0.3, 0.4) is 0 Å². The van der Waals surface area contributed by atoms with Gasteiger partial charge in [-0.15, -0.1) is 0 Å². The molecule has 2 heterocycles. The Balaban J connectivity index is 1.69. The summed E-state index contributed by atoms with van der Waals surface area (Å²) in [6.45, 7) is 0.793. The molecule has 2 fully saturated rings. The summed E-state index contributed by atoms with van der Waals surface area (Å²) >= 11 is 11.7. The summed E-state index contributed by atoms with van der Waals surface area (Å²) in [4.78, 5) is 0. The van der Waals surface area contributed by atoms with E-state index in [4.69, 9.17) is 21.1 Å². The minimum absolute atomic E-state index is 0.0483. The Labute approximate surface area is 137 Å². The van der Waals surface area contributed by atoms with Crippen LogP contribution in [-0.2, 0) is 4.74 Å². The molecule has 2 saturated heterocycles. The maximum absolute atomic E-state index is 6.21. The highest BCUT2D eigenvalue weighted by atomic mass is 79.9. The Morgan fingerprint density at radius 3 is 2.95 bits per heavy atom. The van der Waals surface area contributed by atoms with Crippen LogP contribution in [0.4, 0.5) is 0 Å². The molecule has 1 aromatic rings. The maximum atomic E-state index is 6.21. The summed E-state index contributed by atoms with van der Waals surface area (Å²) in [7, 11) is 0. The van der Waals surface area contributed by atoms with Crippen LogP contribution in [0.25, 0.3) is 0 Å². The standard InChI is InChI=1S/C15H18BrClO2S/c16-11-1-2-13(17)14(9-11)19-12-3-6-18-15(10-12)4-7-20-8-5-15/h1-2,9,12H,3-8,10H2. The summed E-state index contributed by atoms with van der Waals surface area (Å²) in [5.41, 5.74) is 0.0483. The number of rotatable bonds is 2. The van der Waals surface area contributed by atoms with Crippen LogP contribution < -0.4 is 4.74 Å². The van der Waals surface area contributed by atoms with Crippen LogP contribution in [0, 0.1) is 0 Å². The summed E-state index contributed by atoms with van der Waals surface area (Å²) in [5, 5.41) is 0.674. The Hall–Kier alpha value is 0.1000. The van der Waals surface area contributed by atoms with Gasteiger partial charge in [-0.1, -0.05) is 27.5 Å². The number of halogens is 2. The lowest BCUT2D eigenvalue weighted by Gasteiger charge is -2.43.